The normalized spacial score (nSPS) is 11.9. The van der Waals surface area contributed by atoms with Gasteiger partial charge in [-0.05, 0) is 59.2 Å². The Labute approximate surface area is 294 Å². The molecule has 2 heterocycles. The maximum atomic E-state index is 8.77. The Balaban J connectivity index is 1.14. The smallest absolute Gasteiger partial charge is 0.154 e. The number of benzene rings is 7. The van der Waals surface area contributed by atoms with Crippen LogP contribution in [0.4, 0.5) is 0 Å². The molecule has 7 aromatic carbocycles. The van der Waals surface area contributed by atoms with Gasteiger partial charge in [0.05, 0.1) is 11.0 Å². The van der Waals surface area contributed by atoms with Crippen molar-refractivity contribution in [3.05, 3.63) is 187 Å². The molecule has 0 saturated heterocycles. The molecule has 0 saturated carbocycles. The van der Waals surface area contributed by atoms with Crippen LogP contribution in [-0.4, -0.2) is 16.2 Å². The summed E-state index contributed by atoms with van der Waals surface area (Å²) in [4.78, 5) is 4.79. The number of hydrogen-bond acceptors (Lipinski definition) is 2. The van der Waals surface area contributed by atoms with Gasteiger partial charge in [0, 0.05) is 54.3 Å². The van der Waals surface area contributed by atoms with E-state index < -0.39 is 0 Å². The van der Waals surface area contributed by atoms with E-state index in [2.05, 4.69) is 131 Å². The summed E-state index contributed by atoms with van der Waals surface area (Å²) < 4.78 is 4.99. The van der Waals surface area contributed by atoms with Crippen LogP contribution in [0.3, 0.4) is 0 Å². The van der Waals surface area contributed by atoms with E-state index in [1.165, 1.54) is 42.1 Å². The molecule has 0 bridgehead atoms. The maximum absolute atomic E-state index is 8.77. The predicted octanol–water partition coefficient (Wildman–Crippen LogP) is 11.4. The number of aromatic nitrogens is 1. The Hall–Kier alpha value is -6.30. The van der Waals surface area contributed by atoms with Gasteiger partial charge >= 0.3 is 0 Å². The van der Waals surface area contributed by atoms with Crippen LogP contribution in [0.1, 0.15) is 16.7 Å². The highest BCUT2D eigenvalue weighted by molar-refractivity contribution is 7.26. The van der Waals surface area contributed by atoms with Crippen LogP contribution in [0.5, 0.6) is 0 Å². The van der Waals surface area contributed by atoms with Gasteiger partial charge in [0.15, 0.2) is 5.84 Å². The predicted molar refractivity (Wildman–Crippen MR) is 212 cm³/mol. The number of rotatable bonds is 6. The van der Waals surface area contributed by atoms with Crippen molar-refractivity contribution in [1.82, 2.24) is 9.88 Å². The van der Waals surface area contributed by atoms with Gasteiger partial charge in [-0.1, -0.05) is 127 Å². The highest BCUT2D eigenvalue weighted by Crippen LogP contribution is 2.41. The molecule has 0 radical (unpaired) electrons. The van der Waals surface area contributed by atoms with Gasteiger partial charge in [-0.25, -0.2) is 4.99 Å². The fraction of sp³-hybridized carbons (Fsp3) is 0.0222. The molecule has 50 heavy (non-hydrogen) atoms. The Morgan fingerprint density at radius 2 is 1.26 bits per heavy atom. The molecule has 0 atom stereocenters. The third-order valence-electron chi connectivity index (χ3n) is 9.36. The Bertz CT molecular complexity index is 2700. The number of nitrogens with zero attached hydrogens (tertiary/aromatic N) is 2. The second-order valence-corrected chi connectivity index (χ2v) is 13.5. The first-order valence-corrected chi connectivity index (χ1v) is 17.6. The molecule has 0 amide bonds. The second-order valence-electron chi connectivity index (χ2n) is 12.4. The monoisotopic (exact) mass is 660 g/mol. The lowest BCUT2D eigenvalue weighted by atomic mass is 10.0. The highest BCUT2D eigenvalue weighted by Gasteiger charge is 2.16. The van der Waals surface area contributed by atoms with Gasteiger partial charge in [-0.2, -0.15) is 0 Å². The van der Waals surface area contributed by atoms with Crippen LogP contribution in [0.2, 0.25) is 0 Å². The van der Waals surface area contributed by atoms with E-state index >= 15 is 0 Å². The lowest BCUT2D eigenvalue weighted by molar-refractivity contribution is 0.915. The van der Waals surface area contributed by atoms with E-state index in [4.69, 9.17) is 10.4 Å². The summed E-state index contributed by atoms with van der Waals surface area (Å²) >= 11 is 1.86. The first-order chi connectivity index (χ1) is 24.7. The molecule has 0 spiro atoms. The summed E-state index contributed by atoms with van der Waals surface area (Å²) in [6, 6.07) is 59.3. The first-order valence-electron chi connectivity index (χ1n) is 16.8. The van der Waals surface area contributed by atoms with Crippen molar-refractivity contribution < 1.29 is 0 Å². The molecule has 5 heteroatoms. The van der Waals surface area contributed by atoms with E-state index in [0.29, 0.717) is 12.4 Å². The van der Waals surface area contributed by atoms with Crippen LogP contribution in [-0.2, 0) is 6.54 Å². The van der Waals surface area contributed by atoms with E-state index in [1.54, 1.807) is 0 Å². The fourth-order valence-corrected chi connectivity index (χ4v) is 8.16. The molecular formula is C45H32N4S. The molecule has 9 aromatic rings. The zero-order chi connectivity index (χ0) is 33.4. The number of thiophene rings is 1. The van der Waals surface area contributed by atoms with Crippen molar-refractivity contribution in [3.63, 3.8) is 0 Å². The van der Waals surface area contributed by atoms with Gasteiger partial charge in [0.25, 0.3) is 0 Å². The zero-order valence-corrected chi connectivity index (χ0v) is 28.0. The van der Waals surface area contributed by atoms with Crippen molar-refractivity contribution in [3.8, 4) is 16.8 Å². The number of aliphatic imine (C=N–C) groups is 1. The van der Waals surface area contributed by atoms with Gasteiger partial charge in [0.2, 0.25) is 0 Å². The van der Waals surface area contributed by atoms with Crippen molar-refractivity contribution >= 4 is 65.0 Å². The minimum Gasteiger partial charge on any atom is -0.365 e. The van der Waals surface area contributed by atoms with Gasteiger partial charge in [0.1, 0.15) is 5.84 Å². The van der Waals surface area contributed by atoms with Gasteiger partial charge in [-0.15, -0.1) is 11.3 Å². The Morgan fingerprint density at radius 1 is 0.580 bits per heavy atom. The molecular weight excluding hydrogens is 629 g/mol. The quantitative estimate of drug-likeness (QED) is 0.135. The fourth-order valence-electron chi connectivity index (χ4n) is 6.92. The summed E-state index contributed by atoms with van der Waals surface area (Å²) in [6.45, 7) is 0.603. The number of amidine groups is 2. The Kier molecular flexibility index (Phi) is 7.52. The lowest BCUT2D eigenvalue weighted by Gasteiger charge is -2.13. The molecule has 238 valence electrons. The van der Waals surface area contributed by atoms with Crippen LogP contribution in [0.15, 0.2) is 175 Å². The lowest BCUT2D eigenvalue weighted by Crippen LogP contribution is -2.25. The van der Waals surface area contributed by atoms with Crippen molar-refractivity contribution in [2.24, 2.45) is 4.99 Å². The average molecular weight is 661 g/mol. The molecule has 4 nitrogen and oxygen atoms in total. The van der Waals surface area contributed by atoms with Crippen molar-refractivity contribution in [1.29, 1.82) is 5.41 Å². The second kappa shape index (κ2) is 12.6. The summed E-state index contributed by atoms with van der Waals surface area (Å²) in [5.74, 6) is 0.879. The maximum Gasteiger partial charge on any atom is 0.154 e. The largest absolute Gasteiger partial charge is 0.365 e. The summed E-state index contributed by atoms with van der Waals surface area (Å²) in [5.41, 5.74) is 8.69. The van der Waals surface area contributed by atoms with Crippen LogP contribution >= 0.6 is 11.3 Å². The van der Waals surface area contributed by atoms with Crippen molar-refractivity contribution in [2.45, 2.75) is 6.54 Å². The molecule has 0 unspecified atom stereocenters. The number of hydrogen-bond donors (Lipinski definition) is 2. The summed E-state index contributed by atoms with van der Waals surface area (Å²) in [7, 11) is 0. The van der Waals surface area contributed by atoms with E-state index in [1.807, 2.05) is 59.9 Å². The van der Waals surface area contributed by atoms with E-state index in [9.17, 15) is 0 Å². The molecule has 0 aliphatic heterocycles. The van der Waals surface area contributed by atoms with E-state index in [-0.39, 0.29) is 5.84 Å². The minimum atomic E-state index is 0.217. The molecule has 0 aliphatic carbocycles. The number of para-hydroxylation sites is 1. The van der Waals surface area contributed by atoms with Crippen LogP contribution < -0.4 is 5.32 Å². The number of fused-ring (bicyclic) bond motifs is 6. The zero-order valence-electron chi connectivity index (χ0n) is 27.2. The Morgan fingerprint density at radius 3 is 2.08 bits per heavy atom. The summed E-state index contributed by atoms with van der Waals surface area (Å²) in [5, 5.41) is 17.3. The summed E-state index contributed by atoms with van der Waals surface area (Å²) in [6.07, 6.45) is 0. The molecule has 2 aromatic heterocycles. The van der Waals surface area contributed by atoms with Gasteiger partial charge in [-0.3, -0.25) is 5.41 Å². The molecule has 2 N–H and O–H groups in total. The highest BCUT2D eigenvalue weighted by atomic mass is 32.1. The SMILES string of the molecule is N=C(/N=C(\NCc1ccccc1)c1ccc(-n2c3ccccc3c3ccc(-c4cccc5c4sc4ccccc45)cc32)cc1)c1ccccc1. The third-order valence-corrected chi connectivity index (χ3v) is 10.6. The molecule has 0 aliphatic rings. The molecule has 9 rings (SSSR count). The van der Waals surface area contributed by atoms with Crippen LogP contribution in [0.25, 0.3) is 58.8 Å². The van der Waals surface area contributed by atoms with Crippen LogP contribution in [0, 0.1) is 5.41 Å². The van der Waals surface area contributed by atoms with Crippen molar-refractivity contribution in [2.75, 3.05) is 0 Å². The molecule has 0 fully saturated rings. The third kappa shape index (κ3) is 5.34. The standard InChI is InChI=1S/C45H32N4S/c46-44(31-14-5-2-6-15-31)48-45(47-29-30-12-3-1-4-13-30)32-22-25-34(26-23-32)49-40-20-9-7-16-36(40)37-27-24-33(28-41(37)49)35-18-11-19-39-38-17-8-10-21-42(38)50-43(35)39/h1-28H,29H2,(H2,46,47,48). The average Bonchev–Trinajstić information content (AvgIpc) is 3.73. The minimum absolute atomic E-state index is 0.217. The van der Waals surface area contributed by atoms with Gasteiger partial charge < -0.3 is 9.88 Å². The number of nitrogens with one attached hydrogen (secondary N) is 2. The van der Waals surface area contributed by atoms with E-state index in [0.717, 1.165) is 33.4 Å². The first kappa shape index (κ1) is 29.8. The topological polar surface area (TPSA) is 53.2 Å².